The highest BCUT2D eigenvalue weighted by molar-refractivity contribution is 6.10. The second kappa shape index (κ2) is 9.06. The first-order valence-corrected chi connectivity index (χ1v) is 11.3. The minimum absolute atomic E-state index is 0.247. The van der Waals surface area contributed by atoms with Crippen molar-refractivity contribution in [2.75, 3.05) is 13.1 Å². The number of imide groups is 1. The molecule has 1 aliphatic rings. The molecule has 1 aliphatic heterocycles. The van der Waals surface area contributed by atoms with Gasteiger partial charge >= 0.3 is 6.03 Å². The quantitative estimate of drug-likeness (QED) is 0.552. The summed E-state index contributed by atoms with van der Waals surface area (Å²) >= 11 is 0. The Morgan fingerprint density at radius 2 is 1.70 bits per heavy atom. The molecular formula is C27H29N3O3. The average molecular weight is 444 g/mol. The molecule has 6 nitrogen and oxygen atoms in total. The molecule has 1 heterocycles. The molecule has 4 rings (SSSR count). The molecule has 0 bridgehead atoms. The van der Waals surface area contributed by atoms with Crippen LogP contribution in [0.1, 0.15) is 37.0 Å². The summed E-state index contributed by atoms with van der Waals surface area (Å²) in [5.74, 6) is -0.660. The maximum absolute atomic E-state index is 13.5. The monoisotopic (exact) mass is 443 g/mol. The van der Waals surface area contributed by atoms with Gasteiger partial charge in [-0.2, -0.15) is 0 Å². The van der Waals surface area contributed by atoms with Crippen LogP contribution >= 0.6 is 0 Å². The van der Waals surface area contributed by atoms with E-state index in [0.29, 0.717) is 13.1 Å². The molecule has 0 saturated carbocycles. The summed E-state index contributed by atoms with van der Waals surface area (Å²) in [6, 6.07) is 20.9. The van der Waals surface area contributed by atoms with Crippen molar-refractivity contribution in [3.63, 3.8) is 0 Å². The number of carbonyl (C=O) groups is 3. The molecule has 0 spiro atoms. The van der Waals surface area contributed by atoms with E-state index in [4.69, 9.17) is 0 Å². The molecule has 170 valence electrons. The van der Waals surface area contributed by atoms with E-state index in [1.165, 1.54) is 0 Å². The summed E-state index contributed by atoms with van der Waals surface area (Å²) in [5.41, 5.74) is 1.66. The van der Waals surface area contributed by atoms with Crippen LogP contribution in [0.2, 0.25) is 0 Å². The molecule has 1 fully saturated rings. The summed E-state index contributed by atoms with van der Waals surface area (Å²) in [7, 11) is 0. The maximum atomic E-state index is 13.5. The van der Waals surface area contributed by atoms with Crippen LogP contribution in [0.15, 0.2) is 66.7 Å². The first-order valence-electron chi connectivity index (χ1n) is 11.3. The minimum Gasteiger partial charge on any atom is -0.337 e. The van der Waals surface area contributed by atoms with Crippen LogP contribution in [-0.2, 0) is 21.7 Å². The lowest BCUT2D eigenvalue weighted by molar-refractivity contribution is -0.139. The SMILES string of the molecule is CCCN(Cc1ccc(C)cc1)C(=O)CN1C(=O)NC(C)(c2cccc3ccccc23)C1=O. The van der Waals surface area contributed by atoms with Crippen LogP contribution in [0.25, 0.3) is 10.8 Å². The van der Waals surface area contributed by atoms with Crippen LogP contribution < -0.4 is 5.32 Å². The van der Waals surface area contributed by atoms with Gasteiger partial charge in [-0.3, -0.25) is 14.5 Å². The number of amides is 4. The molecule has 33 heavy (non-hydrogen) atoms. The van der Waals surface area contributed by atoms with Gasteiger partial charge in [0.25, 0.3) is 5.91 Å². The summed E-state index contributed by atoms with van der Waals surface area (Å²) in [5, 5.41) is 4.72. The fourth-order valence-electron chi connectivity index (χ4n) is 4.40. The third kappa shape index (κ3) is 4.33. The van der Waals surface area contributed by atoms with E-state index in [1.54, 1.807) is 11.8 Å². The Labute approximate surface area is 194 Å². The van der Waals surface area contributed by atoms with E-state index < -0.39 is 17.5 Å². The molecule has 6 heteroatoms. The number of fused-ring (bicyclic) bond motifs is 1. The van der Waals surface area contributed by atoms with Gasteiger partial charge in [0.2, 0.25) is 5.91 Å². The topological polar surface area (TPSA) is 69.7 Å². The van der Waals surface area contributed by atoms with E-state index in [-0.39, 0.29) is 12.5 Å². The Balaban J connectivity index is 1.56. The van der Waals surface area contributed by atoms with Crippen LogP contribution in [0.5, 0.6) is 0 Å². The van der Waals surface area contributed by atoms with E-state index in [2.05, 4.69) is 5.32 Å². The lowest BCUT2D eigenvalue weighted by atomic mass is 9.88. The molecule has 0 radical (unpaired) electrons. The highest BCUT2D eigenvalue weighted by atomic mass is 16.2. The second-order valence-electron chi connectivity index (χ2n) is 8.77. The molecule has 1 N–H and O–H groups in total. The standard InChI is InChI=1S/C27H29N3O3/c1-4-16-29(17-20-14-12-19(2)13-15-20)24(31)18-30-25(32)27(3,28-26(30)33)23-11-7-9-21-8-5-6-10-22(21)23/h5-15H,4,16-18H2,1-3H3,(H,28,33). The van der Waals surface area contributed by atoms with Crippen molar-refractivity contribution in [1.29, 1.82) is 0 Å². The Morgan fingerprint density at radius 1 is 1.00 bits per heavy atom. The van der Waals surface area contributed by atoms with Crippen molar-refractivity contribution in [2.24, 2.45) is 0 Å². The number of hydrogen-bond acceptors (Lipinski definition) is 3. The van der Waals surface area contributed by atoms with Crippen molar-refractivity contribution in [3.8, 4) is 0 Å². The van der Waals surface area contributed by atoms with Gasteiger partial charge in [0.1, 0.15) is 12.1 Å². The van der Waals surface area contributed by atoms with Crippen molar-refractivity contribution >= 4 is 28.6 Å². The van der Waals surface area contributed by atoms with Crippen LogP contribution in [0.4, 0.5) is 4.79 Å². The third-order valence-corrected chi connectivity index (χ3v) is 6.24. The fraction of sp³-hybridized carbons (Fsp3) is 0.296. The number of aryl methyl sites for hydroxylation is 1. The van der Waals surface area contributed by atoms with Gasteiger partial charge in [-0.25, -0.2) is 4.79 Å². The molecule has 4 amide bonds. The van der Waals surface area contributed by atoms with Gasteiger partial charge in [0.15, 0.2) is 0 Å². The Kier molecular flexibility index (Phi) is 6.18. The van der Waals surface area contributed by atoms with Gasteiger partial charge in [-0.05, 0) is 42.2 Å². The number of nitrogens with zero attached hydrogens (tertiary/aromatic N) is 2. The first kappa shape index (κ1) is 22.5. The maximum Gasteiger partial charge on any atom is 0.325 e. The largest absolute Gasteiger partial charge is 0.337 e. The second-order valence-corrected chi connectivity index (χ2v) is 8.77. The van der Waals surface area contributed by atoms with Gasteiger partial charge in [-0.15, -0.1) is 0 Å². The van der Waals surface area contributed by atoms with E-state index in [0.717, 1.165) is 38.8 Å². The van der Waals surface area contributed by atoms with Gasteiger partial charge in [-0.1, -0.05) is 79.2 Å². The summed E-state index contributed by atoms with van der Waals surface area (Å²) in [6.45, 7) is 6.44. The molecule has 1 unspecified atom stereocenters. The minimum atomic E-state index is -1.23. The number of nitrogens with one attached hydrogen (secondary N) is 1. The molecule has 3 aromatic carbocycles. The Morgan fingerprint density at radius 3 is 2.42 bits per heavy atom. The predicted molar refractivity (Wildman–Crippen MR) is 128 cm³/mol. The summed E-state index contributed by atoms with van der Waals surface area (Å²) < 4.78 is 0. The summed E-state index contributed by atoms with van der Waals surface area (Å²) in [6.07, 6.45) is 0.783. The zero-order valence-corrected chi connectivity index (χ0v) is 19.3. The lowest BCUT2D eigenvalue weighted by Gasteiger charge is -2.26. The zero-order valence-electron chi connectivity index (χ0n) is 19.3. The fourth-order valence-corrected chi connectivity index (χ4v) is 4.40. The smallest absolute Gasteiger partial charge is 0.325 e. The van der Waals surface area contributed by atoms with Crippen molar-refractivity contribution in [3.05, 3.63) is 83.4 Å². The highest BCUT2D eigenvalue weighted by Crippen LogP contribution is 2.33. The highest BCUT2D eigenvalue weighted by Gasteiger charge is 2.50. The van der Waals surface area contributed by atoms with Crippen molar-refractivity contribution in [1.82, 2.24) is 15.1 Å². The molecule has 0 aliphatic carbocycles. The third-order valence-electron chi connectivity index (χ3n) is 6.24. The Hall–Kier alpha value is -3.67. The van der Waals surface area contributed by atoms with E-state index >= 15 is 0 Å². The zero-order chi connectivity index (χ0) is 23.6. The summed E-state index contributed by atoms with van der Waals surface area (Å²) in [4.78, 5) is 42.2. The number of hydrogen-bond donors (Lipinski definition) is 1. The average Bonchev–Trinajstić information content (AvgIpc) is 3.03. The molecule has 3 aromatic rings. The molecule has 1 atom stereocenters. The van der Waals surface area contributed by atoms with E-state index in [1.807, 2.05) is 80.6 Å². The lowest BCUT2D eigenvalue weighted by Crippen LogP contribution is -2.44. The van der Waals surface area contributed by atoms with Crippen molar-refractivity contribution in [2.45, 2.75) is 39.3 Å². The molecular weight excluding hydrogens is 414 g/mol. The number of carbonyl (C=O) groups excluding carboxylic acids is 3. The van der Waals surface area contributed by atoms with Crippen LogP contribution in [0, 0.1) is 6.92 Å². The Bertz CT molecular complexity index is 1200. The van der Waals surface area contributed by atoms with Crippen LogP contribution in [0.3, 0.4) is 0 Å². The first-order chi connectivity index (χ1) is 15.8. The van der Waals surface area contributed by atoms with Gasteiger partial charge < -0.3 is 10.2 Å². The predicted octanol–water partition coefficient (Wildman–Crippen LogP) is 4.35. The number of rotatable bonds is 7. The molecule has 1 saturated heterocycles. The van der Waals surface area contributed by atoms with E-state index in [9.17, 15) is 14.4 Å². The normalized spacial score (nSPS) is 18.0. The van der Waals surface area contributed by atoms with Gasteiger partial charge in [0.05, 0.1) is 0 Å². The van der Waals surface area contributed by atoms with Crippen molar-refractivity contribution < 1.29 is 14.4 Å². The van der Waals surface area contributed by atoms with Crippen LogP contribution in [-0.4, -0.2) is 40.7 Å². The number of urea groups is 1. The number of benzene rings is 3. The van der Waals surface area contributed by atoms with Gasteiger partial charge in [0, 0.05) is 13.1 Å². The molecule has 0 aromatic heterocycles.